The van der Waals surface area contributed by atoms with Crippen LogP contribution in [0.3, 0.4) is 0 Å². The zero-order chi connectivity index (χ0) is 11.6. The summed E-state index contributed by atoms with van der Waals surface area (Å²) in [5, 5.41) is 0. The molecule has 1 aromatic rings. The van der Waals surface area contributed by atoms with Gasteiger partial charge in [0.25, 0.3) is 0 Å². The average molecular weight is 216 g/mol. The van der Waals surface area contributed by atoms with Crippen molar-refractivity contribution in [2.24, 2.45) is 0 Å². The first-order valence-electron chi connectivity index (χ1n) is 6.63. The van der Waals surface area contributed by atoms with Crippen molar-refractivity contribution in [2.45, 2.75) is 52.4 Å². The maximum atomic E-state index is 2.44. The molecule has 0 spiro atoms. The predicted octanol–water partition coefficient (Wildman–Crippen LogP) is 5.45. The summed E-state index contributed by atoms with van der Waals surface area (Å²) < 4.78 is 0. The Morgan fingerprint density at radius 2 is 1.69 bits per heavy atom. The van der Waals surface area contributed by atoms with Gasteiger partial charge in [0.1, 0.15) is 0 Å². The van der Waals surface area contributed by atoms with E-state index < -0.39 is 0 Å². The quantitative estimate of drug-likeness (QED) is 0.532. The maximum absolute atomic E-state index is 2.44. The summed E-state index contributed by atoms with van der Waals surface area (Å²) in [7, 11) is 0. The molecule has 88 valence electrons. The zero-order valence-corrected chi connectivity index (χ0v) is 10.7. The molecule has 0 atom stereocenters. The third-order valence-corrected chi connectivity index (χ3v) is 2.89. The van der Waals surface area contributed by atoms with E-state index in [9.17, 15) is 0 Å². The molecule has 0 bridgehead atoms. The average Bonchev–Trinajstić information content (AvgIpc) is 2.35. The second-order valence-electron chi connectivity index (χ2n) is 4.34. The van der Waals surface area contributed by atoms with Gasteiger partial charge < -0.3 is 0 Å². The molecule has 0 radical (unpaired) electrons. The highest BCUT2D eigenvalue weighted by Gasteiger charge is 1.99. The summed E-state index contributed by atoms with van der Waals surface area (Å²) in [5.74, 6) is 0. The summed E-state index contributed by atoms with van der Waals surface area (Å²) >= 11 is 0. The molecular formula is C16H24. The van der Waals surface area contributed by atoms with Gasteiger partial charge in [-0.1, -0.05) is 69.5 Å². The van der Waals surface area contributed by atoms with Crippen LogP contribution in [-0.2, 0) is 0 Å². The van der Waals surface area contributed by atoms with Gasteiger partial charge in [-0.3, -0.25) is 0 Å². The van der Waals surface area contributed by atoms with Crippen LogP contribution in [0.5, 0.6) is 0 Å². The van der Waals surface area contributed by atoms with E-state index in [1.165, 1.54) is 49.7 Å². The fraction of sp³-hybridized carbons (Fsp3) is 0.500. The van der Waals surface area contributed by atoms with E-state index in [0.29, 0.717) is 0 Å². The Hall–Kier alpha value is -1.04. The Kier molecular flexibility index (Phi) is 6.64. The molecule has 0 heteroatoms. The number of benzene rings is 1. The van der Waals surface area contributed by atoms with Gasteiger partial charge in [-0.2, -0.15) is 0 Å². The lowest BCUT2D eigenvalue weighted by molar-refractivity contribution is 0.800. The van der Waals surface area contributed by atoms with Gasteiger partial charge in [0.2, 0.25) is 0 Å². The van der Waals surface area contributed by atoms with Crippen molar-refractivity contribution >= 4 is 5.57 Å². The van der Waals surface area contributed by atoms with Gasteiger partial charge in [-0.05, 0) is 30.4 Å². The fourth-order valence-corrected chi connectivity index (χ4v) is 1.86. The standard InChI is InChI=1S/C16H24/c1-3-5-8-12-15(11-6-4-2)16-13-9-7-10-14-16/h7,9-10,12-14H,3-6,8,11H2,1-2H3. The molecule has 0 N–H and O–H groups in total. The summed E-state index contributed by atoms with van der Waals surface area (Å²) in [5.41, 5.74) is 2.95. The fourth-order valence-electron chi connectivity index (χ4n) is 1.86. The highest BCUT2D eigenvalue weighted by Crippen LogP contribution is 2.21. The summed E-state index contributed by atoms with van der Waals surface area (Å²) in [6, 6.07) is 10.8. The van der Waals surface area contributed by atoms with Crippen molar-refractivity contribution in [2.75, 3.05) is 0 Å². The van der Waals surface area contributed by atoms with E-state index in [2.05, 4.69) is 50.3 Å². The highest BCUT2D eigenvalue weighted by molar-refractivity contribution is 5.65. The molecule has 0 nitrogen and oxygen atoms in total. The molecule has 0 aromatic heterocycles. The van der Waals surface area contributed by atoms with E-state index in [4.69, 9.17) is 0 Å². The molecule has 0 unspecified atom stereocenters. The Morgan fingerprint density at radius 1 is 1.00 bits per heavy atom. The minimum atomic E-state index is 1.23. The van der Waals surface area contributed by atoms with Gasteiger partial charge in [-0.25, -0.2) is 0 Å². The number of hydrogen-bond donors (Lipinski definition) is 0. The van der Waals surface area contributed by atoms with Crippen LogP contribution in [0.4, 0.5) is 0 Å². The first-order valence-corrected chi connectivity index (χ1v) is 6.63. The Labute approximate surface area is 100 Å². The molecule has 0 aliphatic carbocycles. The first kappa shape index (κ1) is 13.0. The van der Waals surface area contributed by atoms with E-state index in [1.807, 2.05) is 0 Å². The first-order chi connectivity index (χ1) is 7.88. The number of rotatable bonds is 7. The van der Waals surface area contributed by atoms with Crippen molar-refractivity contribution in [3.8, 4) is 0 Å². The SMILES string of the molecule is CCCCC=C(CCCC)c1ccccc1. The summed E-state index contributed by atoms with van der Waals surface area (Å²) in [6.45, 7) is 4.51. The molecular weight excluding hydrogens is 192 g/mol. The lowest BCUT2D eigenvalue weighted by Gasteiger charge is -2.07. The van der Waals surface area contributed by atoms with Crippen LogP contribution in [-0.4, -0.2) is 0 Å². The number of hydrogen-bond acceptors (Lipinski definition) is 0. The third kappa shape index (κ3) is 4.65. The lowest BCUT2D eigenvalue weighted by Crippen LogP contribution is -1.85. The monoisotopic (exact) mass is 216 g/mol. The third-order valence-electron chi connectivity index (χ3n) is 2.89. The van der Waals surface area contributed by atoms with E-state index in [-0.39, 0.29) is 0 Å². The molecule has 0 aliphatic rings. The van der Waals surface area contributed by atoms with Gasteiger partial charge in [0, 0.05) is 0 Å². The Balaban J connectivity index is 2.67. The number of unbranched alkanes of at least 4 members (excludes halogenated alkanes) is 3. The van der Waals surface area contributed by atoms with Crippen molar-refractivity contribution < 1.29 is 0 Å². The zero-order valence-electron chi connectivity index (χ0n) is 10.7. The summed E-state index contributed by atoms with van der Waals surface area (Å²) in [4.78, 5) is 0. The Bertz CT molecular complexity index is 295. The van der Waals surface area contributed by atoms with E-state index in [0.717, 1.165) is 0 Å². The van der Waals surface area contributed by atoms with Crippen LogP contribution < -0.4 is 0 Å². The molecule has 0 aliphatic heterocycles. The molecule has 0 saturated heterocycles. The Morgan fingerprint density at radius 3 is 2.31 bits per heavy atom. The second kappa shape index (κ2) is 8.15. The van der Waals surface area contributed by atoms with Gasteiger partial charge in [0.15, 0.2) is 0 Å². The molecule has 0 heterocycles. The minimum Gasteiger partial charge on any atom is -0.0807 e. The van der Waals surface area contributed by atoms with Crippen LogP contribution in [0.2, 0.25) is 0 Å². The minimum absolute atomic E-state index is 1.23. The maximum Gasteiger partial charge on any atom is -0.0228 e. The van der Waals surface area contributed by atoms with Crippen molar-refractivity contribution in [3.63, 3.8) is 0 Å². The summed E-state index contributed by atoms with van der Waals surface area (Å²) in [6.07, 6.45) is 10.1. The van der Waals surface area contributed by atoms with Crippen LogP contribution in [0.15, 0.2) is 36.4 Å². The molecule has 0 amide bonds. The van der Waals surface area contributed by atoms with Gasteiger partial charge in [0.05, 0.1) is 0 Å². The molecule has 0 fully saturated rings. The van der Waals surface area contributed by atoms with Crippen LogP contribution in [0.1, 0.15) is 57.9 Å². The van der Waals surface area contributed by atoms with E-state index >= 15 is 0 Å². The van der Waals surface area contributed by atoms with E-state index in [1.54, 1.807) is 0 Å². The normalized spacial score (nSPS) is 11.8. The van der Waals surface area contributed by atoms with Crippen LogP contribution in [0, 0.1) is 0 Å². The smallest absolute Gasteiger partial charge is 0.0228 e. The molecule has 16 heavy (non-hydrogen) atoms. The van der Waals surface area contributed by atoms with Crippen molar-refractivity contribution in [1.82, 2.24) is 0 Å². The topological polar surface area (TPSA) is 0 Å². The van der Waals surface area contributed by atoms with Gasteiger partial charge >= 0.3 is 0 Å². The van der Waals surface area contributed by atoms with Crippen LogP contribution >= 0.6 is 0 Å². The second-order valence-corrected chi connectivity index (χ2v) is 4.34. The largest absolute Gasteiger partial charge is 0.0807 e. The molecule has 1 aromatic carbocycles. The highest BCUT2D eigenvalue weighted by atomic mass is 14.0. The number of allylic oxidation sites excluding steroid dienone is 2. The molecule has 0 saturated carbocycles. The van der Waals surface area contributed by atoms with Gasteiger partial charge in [-0.15, -0.1) is 0 Å². The van der Waals surface area contributed by atoms with Crippen molar-refractivity contribution in [3.05, 3.63) is 42.0 Å². The van der Waals surface area contributed by atoms with Crippen molar-refractivity contribution in [1.29, 1.82) is 0 Å². The lowest BCUT2D eigenvalue weighted by atomic mass is 9.98. The predicted molar refractivity (Wildman–Crippen MR) is 73.5 cm³/mol. The van der Waals surface area contributed by atoms with Crippen LogP contribution in [0.25, 0.3) is 5.57 Å². The molecule has 1 rings (SSSR count).